The Balaban J connectivity index is 1.55. The fourth-order valence-electron chi connectivity index (χ4n) is 3.90. The third-order valence-corrected chi connectivity index (χ3v) is 5.72. The monoisotopic (exact) mass is 391 g/mol. The molecule has 1 spiro atoms. The van der Waals surface area contributed by atoms with Gasteiger partial charge in [-0.2, -0.15) is 0 Å². The van der Waals surface area contributed by atoms with Crippen LogP contribution in [0.3, 0.4) is 0 Å². The molecule has 2 atom stereocenters. The van der Waals surface area contributed by atoms with Gasteiger partial charge in [-0.3, -0.25) is 4.90 Å². The Hall–Kier alpha value is -1.60. The summed E-state index contributed by atoms with van der Waals surface area (Å²) in [5, 5.41) is 19.7. The molecule has 2 N–H and O–H groups in total. The minimum absolute atomic E-state index is 0.229. The largest absolute Gasteiger partial charge is 0.493 e. The van der Waals surface area contributed by atoms with Gasteiger partial charge < -0.3 is 24.4 Å². The summed E-state index contributed by atoms with van der Waals surface area (Å²) in [6.07, 6.45) is 2.88. The highest BCUT2D eigenvalue weighted by molar-refractivity contribution is 5.43. The Morgan fingerprint density at radius 2 is 1.96 bits per heavy atom. The highest BCUT2D eigenvalue weighted by Crippen LogP contribution is 2.36. The van der Waals surface area contributed by atoms with Crippen LogP contribution in [0.1, 0.15) is 38.7 Å². The van der Waals surface area contributed by atoms with Crippen LogP contribution in [0, 0.1) is 0 Å². The van der Waals surface area contributed by atoms with Crippen LogP contribution in [0.5, 0.6) is 11.5 Å². The molecule has 0 bridgehead atoms. The summed E-state index contributed by atoms with van der Waals surface area (Å²) >= 11 is 0. The Morgan fingerprint density at radius 1 is 1.21 bits per heavy atom. The topological polar surface area (TPSA) is 71.4 Å². The number of hydrogen-bond donors (Lipinski definition) is 2. The van der Waals surface area contributed by atoms with Gasteiger partial charge in [-0.1, -0.05) is 11.6 Å². The number of likely N-dealkylation sites (tertiary alicyclic amines) is 1. The van der Waals surface area contributed by atoms with Crippen molar-refractivity contribution in [3.05, 3.63) is 35.4 Å². The second kappa shape index (κ2) is 9.27. The highest BCUT2D eigenvalue weighted by atomic mass is 16.5. The number of ether oxygens (including phenoxy) is 3. The molecule has 2 aliphatic rings. The predicted octanol–water partition coefficient (Wildman–Crippen LogP) is 2.52. The molecule has 0 amide bonds. The molecule has 1 aromatic rings. The van der Waals surface area contributed by atoms with E-state index in [4.69, 9.17) is 14.2 Å². The van der Waals surface area contributed by atoms with Crippen LogP contribution in [0.2, 0.25) is 0 Å². The van der Waals surface area contributed by atoms with Crippen LogP contribution >= 0.6 is 0 Å². The van der Waals surface area contributed by atoms with Crippen LogP contribution in [0.25, 0.3) is 0 Å². The maximum absolute atomic E-state index is 10.00. The van der Waals surface area contributed by atoms with Crippen molar-refractivity contribution in [3.8, 4) is 11.5 Å². The molecule has 0 unspecified atom stereocenters. The van der Waals surface area contributed by atoms with Crippen molar-refractivity contribution < 1.29 is 24.4 Å². The number of aliphatic hydroxyl groups excluding tert-OH is 2. The van der Waals surface area contributed by atoms with Crippen molar-refractivity contribution >= 4 is 0 Å². The summed E-state index contributed by atoms with van der Waals surface area (Å²) < 4.78 is 17.2. The first kappa shape index (κ1) is 21.1. The fourth-order valence-corrected chi connectivity index (χ4v) is 3.90. The van der Waals surface area contributed by atoms with E-state index in [2.05, 4.69) is 11.0 Å². The van der Waals surface area contributed by atoms with Crippen LogP contribution in [0.4, 0.5) is 0 Å². The molecule has 0 aliphatic carbocycles. The van der Waals surface area contributed by atoms with Gasteiger partial charge in [0.25, 0.3) is 0 Å². The first-order chi connectivity index (χ1) is 13.4. The molecular weight excluding hydrogens is 358 g/mol. The minimum Gasteiger partial charge on any atom is -0.493 e. The maximum atomic E-state index is 10.00. The number of piperidine rings is 1. The molecule has 2 saturated heterocycles. The second-order valence-corrected chi connectivity index (χ2v) is 8.19. The summed E-state index contributed by atoms with van der Waals surface area (Å²) in [4.78, 5) is 2.39. The van der Waals surface area contributed by atoms with Crippen molar-refractivity contribution in [1.82, 2.24) is 4.90 Å². The first-order valence-electron chi connectivity index (χ1n) is 10.1. The molecule has 0 aromatic heterocycles. The van der Waals surface area contributed by atoms with Gasteiger partial charge in [0.1, 0.15) is 12.7 Å². The Bertz CT molecular complexity index is 678. The van der Waals surface area contributed by atoms with E-state index in [0.29, 0.717) is 13.0 Å². The van der Waals surface area contributed by atoms with Crippen molar-refractivity contribution in [2.45, 2.75) is 57.5 Å². The SMILES string of the molecule is COc1cc(CN2CCC3(CC2)C[C@@H](O)[C@@H](O)CO3)ccc1OCC=C(C)C. The molecule has 6 heteroatoms. The maximum Gasteiger partial charge on any atom is 0.161 e. The molecule has 1 aromatic carbocycles. The van der Waals surface area contributed by atoms with Crippen LogP contribution in [-0.4, -0.2) is 66.3 Å². The van der Waals surface area contributed by atoms with Gasteiger partial charge in [0.05, 0.1) is 25.4 Å². The molecule has 0 saturated carbocycles. The zero-order valence-electron chi connectivity index (χ0n) is 17.2. The molecule has 6 nitrogen and oxygen atoms in total. The lowest BCUT2D eigenvalue weighted by Crippen LogP contribution is -2.54. The van der Waals surface area contributed by atoms with Gasteiger partial charge in [0, 0.05) is 26.1 Å². The number of hydrogen-bond acceptors (Lipinski definition) is 6. The number of benzene rings is 1. The van der Waals surface area contributed by atoms with E-state index < -0.39 is 12.2 Å². The number of rotatable bonds is 6. The standard InChI is InChI=1S/C22H33NO5/c1-16(2)6-11-27-20-5-4-17(12-21(20)26-3)14-23-9-7-22(8-10-23)13-18(24)19(25)15-28-22/h4-6,12,18-19,24-25H,7-11,13-15H2,1-3H3/t18-,19+/m1/s1. The zero-order valence-corrected chi connectivity index (χ0v) is 17.2. The zero-order chi connectivity index (χ0) is 20.1. The van der Waals surface area contributed by atoms with Gasteiger partial charge in [-0.15, -0.1) is 0 Å². The summed E-state index contributed by atoms with van der Waals surface area (Å²) in [5.41, 5.74) is 2.12. The summed E-state index contributed by atoms with van der Waals surface area (Å²) in [7, 11) is 1.66. The smallest absolute Gasteiger partial charge is 0.161 e. The second-order valence-electron chi connectivity index (χ2n) is 8.19. The molecule has 2 aliphatic heterocycles. The Morgan fingerprint density at radius 3 is 2.61 bits per heavy atom. The predicted molar refractivity (Wildman–Crippen MR) is 108 cm³/mol. The van der Waals surface area contributed by atoms with E-state index in [9.17, 15) is 10.2 Å². The number of methoxy groups -OCH3 is 1. The normalized spacial score (nSPS) is 24.8. The van der Waals surface area contributed by atoms with Crippen molar-refractivity contribution in [2.75, 3.05) is 33.4 Å². The van der Waals surface area contributed by atoms with E-state index in [1.165, 1.54) is 11.1 Å². The number of allylic oxidation sites excluding steroid dienone is 1. The summed E-state index contributed by atoms with van der Waals surface area (Å²) in [6.45, 7) is 7.51. The van der Waals surface area contributed by atoms with Crippen LogP contribution in [0.15, 0.2) is 29.8 Å². The van der Waals surface area contributed by atoms with Crippen LogP contribution < -0.4 is 9.47 Å². The third-order valence-electron chi connectivity index (χ3n) is 5.72. The molecule has 2 fully saturated rings. The summed E-state index contributed by atoms with van der Waals surface area (Å²) in [5.74, 6) is 1.50. The average molecular weight is 392 g/mol. The van der Waals surface area contributed by atoms with E-state index in [1.807, 2.05) is 32.1 Å². The Labute approximate surface area is 167 Å². The molecule has 28 heavy (non-hydrogen) atoms. The highest BCUT2D eigenvalue weighted by Gasteiger charge is 2.42. The number of aliphatic hydroxyl groups is 2. The summed E-state index contributed by atoms with van der Waals surface area (Å²) in [6, 6.07) is 6.10. The lowest BCUT2D eigenvalue weighted by molar-refractivity contribution is -0.188. The quantitative estimate of drug-likeness (QED) is 0.726. The lowest BCUT2D eigenvalue weighted by atomic mass is 9.82. The third kappa shape index (κ3) is 5.26. The van der Waals surface area contributed by atoms with Crippen molar-refractivity contribution in [1.29, 1.82) is 0 Å². The lowest BCUT2D eigenvalue weighted by Gasteiger charge is -2.46. The van der Waals surface area contributed by atoms with Gasteiger partial charge in [0.15, 0.2) is 11.5 Å². The Kier molecular flexibility index (Phi) is 6.99. The number of nitrogens with zero attached hydrogens (tertiary/aromatic N) is 1. The van der Waals surface area contributed by atoms with Gasteiger partial charge in [-0.25, -0.2) is 0 Å². The fraction of sp³-hybridized carbons (Fsp3) is 0.636. The van der Waals surface area contributed by atoms with Gasteiger partial charge in [-0.05, 0) is 50.5 Å². The average Bonchev–Trinajstić information content (AvgIpc) is 2.68. The van der Waals surface area contributed by atoms with Crippen LogP contribution in [-0.2, 0) is 11.3 Å². The van der Waals surface area contributed by atoms with E-state index >= 15 is 0 Å². The van der Waals surface area contributed by atoms with Crippen molar-refractivity contribution in [3.63, 3.8) is 0 Å². The molecule has 3 rings (SSSR count). The van der Waals surface area contributed by atoms with Gasteiger partial charge >= 0.3 is 0 Å². The van der Waals surface area contributed by atoms with E-state index in [0.717, 1.165) is 44.0 Å². The van der Waals surface area contributed by atoms with Gasteiger partial charge in [0.2, 0.25) is 0 Å². The molecule has 156 valence electrons. The molecular formula is C22H33NO5. The van der Waals surface area contributed by atoms with E-state index in [-0.39, 0.29) is 12.2 Å². The van der Waals surface area contributed by atoms with Crippen molar-refractivity contribution in [2.24, 2.45) is 0 Å². The molecule has 2 heterocycles. The van der Waals surface area contributed by atoms with E-state index in [1.54, 1.807) is 7.11 Å². The molecule has 0 radical (unpaired) electrons. The minimum atomic E-state index is -0.756. The first-order valence-corrected chi connectivity index (χ1v) is 10.1.